The minimum atomic E-state index is -4.14. The van der Waals surface area contributed by atoms with Crippen molar-refractivity contribution in [1.29, 1.82) is 0 Å². The Morgan fingerprint density at radius 1 is 1.25 bits per heavy atom. The lowest BCUT2D eigenvalue weighted by Gasteiger charge is -2.10. The monoisotopic (exact) mass is 288 g/mol. The van der Waals surface area contributed by atoms with E-state index in [1.807, 2.05) is 0 Å². The van der Waals surface area contributed by atoms with Gasteiger partial charge in [0.05, 0.1) is 0 Å². The van der Waals surface area contributed by atoms with Crippen LogP contribution in [0.2, 0.25) is 0 Å². The summed E-state index contributed by atoms with van der Waals surface area (Å²) >= 11 is 0. The number of rotatable bonds is 3. The largest absolute Gasteiger partial charge is 0.324 e. The van der Waals surface area contributed by atoms with Crippen molar-refractivity contribution in [2.45, 2.75) is 12.1 Å². The molecule has 1 heterocycles. The number of hydrogen-bond acceptors (Lipinski definition) is 6. The molecular weight excluding hydrogens is 280 g/mol. The Balaban J connectivity index is 3.46. The minimum Gasteiger partial charge on any atom is -0.204 e. The Labute approximate surface area is 97.4 Å². The van der Waals surface area contributed by atoms with Gasteiger partial charge in [-0.05, 0) is 6.92 Å². The highest BCUT2D eigenvalue weighted by atomic mass is 35.7. The molecule has 0 N–H and O–H groups in total. The van der Waals surface area contributed by atoms with Crippen LogP contribution < -0.4 is 0 Å². The van der Waals surface area contributed by atoms with E-state index < -0.39 is 24.4 Å². The zero-order valence-electron chi connectivity index (χ0n) is 8.62. The van der Waals surface area contributed by atoms with E-state index in [1.165, 1.54) is 21.0 Å². The molecule has 0 radical (unpaired) electrons. The highest BCUT2D eigenvalue weighted by molar-refractivity contribution is 8.13. The van der Waals surface area contributed by atoms with Crippen molar-refractivity contribution in [2.75, 3.05) is 14.1 Å². The quantitative estimate of drug-likeness (QED) is 0.673. The lowest BCUT2D eigenvalue weighted by Crippen LogP contribution is -2.30. The van der Waals surface area contributed by atoms with E-state index in [0.29, 0.717) is 4.09 Å². The second-order valence-corrected chi connectivity index (χ2v) is 7.44. The van der Waals surface area contributed by atoms with Gasteiger partial charge in [0.2, 0.25) is 0 Å². The lowest BCUT2D eigenvalue weighted by molar-refractivity contribution is 0.500. The van der Waals surface area contributed by atoms with E-state index in [4.69, 9.17) is 10.7 Å². The molecule has 16 heavy (non-hydrogen) atoms. The molecule has 1 aromatic heterocycles. The predicted octanol–water partition coefficient (Wildman–Crippen LogP) is -0.831. The predicted molar refractivity (Wildman–Crippen MR) is 55.8 cm³/mol. The van der Waals surface area contributed by atoms with Crippen LogP contribution in [-0.2, 0) is 19.3 Å². The fraction of sp³-hybridized carbons (Fsp3) is 0.600. The first-order chi connectivity index (χ1) is 7.06. The van der Waals surface area contributed by atoms with Crippen molar-refractivity contribution in [1.82, 2.24) is 18.5 Å². The molecule has 0 aliphatic heterocycles. The molecule has 92 valence electrons. The third kappa shape index (κ3) is 2.34. The van der Waals surface area contributed by atoms with E-state index in [9.17, 15) is 16.8 Å². The van der Waals surface area contributed by atoms with Gasteiger partial charge in [0.25, 0.3) is 14.2 Å². The summed E-state index contributed by atoms with van der Waals surface area (Å²) in [4.78, 5) is 3.46. The van der Waals surface area contributed by atoms with Crippen LogP contribution in [0.3, 0.4) is 0 Å². The Bertz CT molecular complexity index is 602. The average Bonchev–Trinajstić information content (AvgIpc) is 2.46. The highest BCUT2D eigenvalue weighted by Gasteiger charge is 2.25. The second-order valence-electron chi connectivity index (χ2n) is 3.01. The normalized spacial score (nSPS) is 13.3. The summed E-state index contributed by atoms with van der Waals surface area (Å²) in [5.74, 6) is -0.0899. The van der Waals surface area contributed by atoms with Gasteiger partial charge in [-0.1, -0.05) is 0 Å². The molecule has 0 unspecified atom stereocenters. The standard InChI is InChI=1S/C5H9ClN4O4S2/c1-4-7-5(15(6,11)12)8-10(4)16(13,14)9(2)3/h1-3H3. The zero-order chi connectivity index (χ0) is 12.7. The second kappa shape index (κ2) is 3.95. The van der Waals surface area contributed by atoms with Crippen LogP contribution in [0.1, 0.15) is 5.82 Å². The van der Waals surface area contributed by atoms with Gasteiger partial charge < -0.3 is 0 Å². The third-order valence-electron chi connectivity index (χ3n) is 1.61. The molecule has 0 saturated heterocycles. The van der Waals surface area contributed by atoms with Crippen molar-refractivity contribution in [3.8, 4) is 0 Å². The number of halogens is 1. The van der Waals surface area contributed by atoms with Gasteiger partial charge >= 0.3 is 10.2 Å². The summed E-state index contributed by atoms with van der Waals surface area (Å²) in [7, 11) is -0.473. The zero-order valence-corrected chi connectivity index (χ0v) is 11.0. The average molecular weight is 289 g/mol. The molecule has 0 saturated carbocycles. The van der Waals surface area contributed by atoms with Gasteiger partial charge in [-0.2, -0.15) is 17.7 Å². The third-order valence-corrected chi connectivity index (χ3v) is 4.34. The lowest BCUT2D eigenvalue weighted by atomic mass is 10.8. The van der Waals surface area contributed by atoms with E-state index in [-0.39, 0.29) is 5.82 Å². The molecule has 0 bridgehead atoms. The summed E-state index contributed by atoms with van der Waals surface area (Å²) in [5.41, 5.74) is 0. The number of aryl methyl sites for hydroxylation is 1. The summed E-state index contributed by atoms with van der Waals surface area (Å²) in [6.45, 7) is 1.31. The maximum atomic E-state index is 11.6. The Kier molecular flexibility index (Phi) is 3.29. The molecule has 0 aromatic carbocycles. The summed E-state index contributed by atoms with van der Waals surface area (Å²) in [6, 6.07) is 0. The fourth-order valence-electron chi connectivity index (χ4n) is 0.830. The smallest absolute Gasteiger partial charge is 0.204 e. The molecule has 0 aliphatic carbocycles. The van der Waals surface area contributed by atoms with Crippen molar-refractivity contribution < 1.29 is 16.8 Å². The number of nitrogens with zero attached hydrogens (tertiary/aromatic N) is 4. The number of aromatic nitrogens is 3. The van der Waals surface area contributed by atoms with Gasteiger partial charge in [-0.3, -0.25) is 0 Å². The Morgan fingerprint density at radius 2 is 1.75 bits per heavy atom. The molecule has 0 amide bonds. The molecule has 0 aliphatic rings. The van der Waals surface area contributed by atoms with Crippen molar-refractivity contribution in [3.05, 3.63) is 5.82 Å². The summed E-state index contributed by atoms with van der Waals surface area (Å²) in [5, 5.41) is 2.59. The first kappa shape index (κ1) is 13.4. The Hall–Kier alpha value is -0.710. The van der Waals surface area contributed by atoms with E-state index in [2.05, 4.69) is 10.1 Å². The van der Waals surface area contributed by atoms with Crippen LogP contribution in [0.4, 0.5) is 0 Å². The molecular formula is C5H9ClN4O4S2. The maximum Gasteiger partial charge on any atom is 0.324 e. The molecule has 0 fully saturated rings. The van der Waals surface area contributed by atoms with Gasteiger partial charge in [-0.25, -0.2) is 8.42 Å². The van der Waals surface area contributed by atoms with Gasteiger partial charge in [0, 0.05) is 24.8 Å². The first-order valence-corrected chi connectivity index (χ1v) is 7.59. The molecule has 1 aromatic rings. The molecule has 11 heteroatoms. The maximum absolute atomic E-state index is 11.6. The van der Waals surface area contributed by atoms with E-state index in [0.717, 1.165) is 4.31 Å². The topological polar surface area (TPSA) is 102 Å². The number of hydrogen-bond donors (Lipinski definition) is 0. The molecule has 0 spiro atoms. The van der Waals surface area contributed by atoms with Crippen LogP contribution in [-0.4, -0.2) is 49.4 Å². The highest BCUT2D eigenvalue weighted by Crippen LogP contribution is 2.12. The van der Waals surface area contributed by atoms with Crippen molar-refractivity contribution >= 4 is 29.9 Å². The van der Waals surface area contributed by atoms with Gasteiger partial charge in [0.1, 0.15) is 5.82 Å². The van der Waals surface area contributed by atoms with E-state index in [1.54, 1.807) is 0 Å². The van der Waals surface area contributed by atoms with Crippen LogP contribution in [0.25, 0.3) is 0 Å². The summed E-state index contributed by atoms with van der Waals surface area (Å²) < 4.78 is 46.5. The SMILES string of the molecule is Cc1nc(S(=O)(=O)Cl)nn1S(=O)(=O)N(C)C. The van der Waals surface area contributed by atoms with Crippen LogP contribution in [0.5, 0.6) is 0 Å². The molecule has 1 rings (SSSR count). The first-order valence-electron chi connectivity index (χ1n) is 3.88. The van der Waals surface area contributed by atoms with E-state index >= 15 is 0 Å². The minimum absolute atomic E-state index is 0.0899. The van der Waals surface area contributed by atoms with Gasteiger partial charge in [0.15, 0.2) is 0 Å². The van der Waals surface area contributed by atoms with Crippen LogP contribution >= 0.6 is 10.7 Å². The van der Waals surface area contributed by atoms with Crippen LogP contribution in [0, 0.1) is 6.92 Å². The molecule has 0 atom stereocenters. The van der Waals surface area contributed by atoms with Gasteiger partial charge in [-0.15, -0.1) is 9.19 Å². The molecule has 8 nitrogen and oxygen atoms in total. The van der Waals surface area contributed by atoms with Crippen LogP contribution in [0.15, 0.2) is 5.16 Å². The summed E-state index contributed by atoms with van der Waals surface area (Å²) in [6.07, 6.45) is 0. The van der Waals surface area contributed by atoms with Crippen molar-refractivity contribution in [2.24, 2.45) is 0 Å². The fourth-order valence-corrected chi connectivity index (χ4v) is 2.36. The van der Waals surface area contributed by atoms with Crippen molar-refractivity contribution in [3.63, 3.8) is 0 Å². The Morgan fingerprint density at radius 3 is 2.06 bits per heavy atom.